The van der Waals surface area contributed by atoms with Crippen LogP contribution < -0.4 is 5.32 Å². The maximum Gasteiger partial charge on any atom is 0.159 e. The third-order valence-corrected chi connectivity index (χ3v) is 9.63. The van der Waals surface area contributed by atoms with E-state index in [-0.39, 0.29) is 6.17 Å². The molecule has 3 aromatic heterocycles. The van der Waals surface area contributed by atoms with Gasteiger partial charge in [-0.3, -0.25) is 4.57 Å². The fourth-order valence-electron chi connectivity index (χ4n) is 7.33. The minimum Gasteiger partial charge on any atom is -0.344 e. The fraction of sp³-hybridized carbons (Fsp3) is 0.0227. The molecule has 0 bridgehead atoms. The number of aliphatic imine (C=N–C) groups is 2. The highest BCUT2D eigenvalue weighted by Crippen LogP contribution is 2.39. The van der Waals surface area contributed by atoms with Crippen molar-refractivity contribution in [3.05, 3.63) is 187 Å². The minimum absolute atomic E-state index is 0.246. The van der Waals surface area contributed by atoms with E-state index in [2.05, 4.69) is 130 Å². The van der Waals surface area contributed by atoms with Gasteiger partial charge in [-0.2, -0.15) is 0 Å². The van der Waals surface area contributed by atoms with E-state index in [0.29, 0.717) is 5.84 Å². The van der Waals surface area contributed by atoms with Crippen molar-refractivity contribution in [2.45, 2.75) is 6.17 Å². The van der Waals surface area contributed by atoms with Crippen molar-refractivity contribution in [1.29, 1.82) is 0 Å². The molecule has 0 amide bonds. The van der Waals surface area contributed by atoms with Crippen LogP contribution in [0.5, 0.6) is 0 Å². The molecule has 6 nitrogen and oxygen atoms in total. The van der Waals surface area contributed by atoms with E-state index >= 15 is 0 Å². The summed E-state index contributed by atoms with van der Waals surface area (Å²) in [6.07, 6.45) is 1.61. The number of hydrogen-bond acceptors (Lipinski definition) is 4. The van der Waals surface area contributed by atoms with Crippen molar-refractivity contribution in [3.8, 4) is 11.5 Å². The van der Waals surface area contributed by atoms with Crippen LogP contribution in [0.1, 0.15) is 22.9 Å². The summed E-state index contributed by atoms with van der Waals surface area (Å²) in [6, 6.07) is 57.2. The summed E-state index contributed by atoms with van der Waals surface area (Å²) in [7, 11) is 0. The molecule has 0 saturated carbocycles. The molecule has 1 N–H and O–H groups in total. The zero-order chi connectivity index (χ0) is 33.0. The number of nitrogens with one attached hydrogen (secondary N) is 1. The first kappa shape index (κ1) is 28.2. The molecule has 1 aliphatic rings. The predicted octanol–water partition coefficient (Wildman–Crippen LogP) is 9.77. The molecule has 10 rings (SSSR count). The monoisotopic (exact) mass is 642 g/mol. The Morgan fingerprint density at radius 1 is 0.480 bits per heavy atom. The van der Waals surface area contributed by atoms with E-state index in [1.165, 1.54) is 21.5 Å². The van der Waals surface area contributed by atoms with Crippen molar-refractivity contribution in [1.82, 2.24) is 19.4 Å². The summed E-state index contributed by atoms with van der Waals surface area (Å²) in [4.78, 5) is 14.9. The van der Waals surface area contributed by atoms with Crippen LogP contribution in [-0.2, 0) is 0 Å². The van der Waals surface area contributed by atoms with E-state index in [9.17, 15) is 0 Å². The lowest BCUT2D eigenvalue weighted by Crippen LogP contribution is -2.33. The Labute approximate surface area is 288 Å². The number of aromatic nitrogens is 3. The first-order valence-corrected chi connectivity index (χ1v) is 16.8. The summed E-state index contributed by atoms with van der Waals surface area (Å²) >= 11 is 0. The lowest BCUT2D eigenvalue weighted by Gasteiger charge is -2.23. The van der Waals surface area contributed by atoms with E-state index < -0.39 is 0 Å². The zero-order valence-corrected chi connectivity index (χ0v) is 27.0. The summed E-state index contributed by atoms with van der Waals surface area (Å²) in [5, 5.41) is 8.40. The topological polar surface area (TPSA) is 59.5 Å². The Bertz CT molecular complexity index is 2760. The number of amidine groups is 2. The number of para-hydroxylation sites is 2. The second kappa shape index (κ2) is 11.4. The fourth-order valence-corrected chi connectivity index (χ4v) is 7.33. The number of nitrogens with zero attached hydrogens (tertiary/aromatic N) is 5. The van der Waals surface area contributed by atoms with Crippen LogP contribution in [-0.4, -0.2) is 25.8 Å². The van der Waals surface area contributed by atoms with Gasteiger partial charge < -0.3 is 9.88 Å². The van der Waals surface area contributed by atoms with Crippen molar-refractivity contribution in [2.24, 2.45) is 9.98 Å². The highest BCUT2D eigenvalue weighted by atomic mass is 15.2. The Hall–Kier alpha value is -6.79. The molecule has 9 aromatic rings. The van der Waals surface area contributed by atoms with Crippen LogP contribution in [0.25, 0.3) is 55.1 Å². The molecule has 4 heterocycles. The average molecular weight is 643 g/mol. The van der Waals surface area contributed by atoms with Gasteiger partial charge >= 0.3 is 0 Å². The minimum atomic E-state index is -0.246. The maximum absolute atomic E-state index is 5.09. The van der Waals surface area contributed by atoms with Gasteiger partial charge in [0, 0.05) is 44.6 Å². The van der Waals surface area contributed by atoms with Crippen molar-refractivity contribution in [3.63, 3.8) is 0 Å². The van der Waals surface area contributed by atoms with Crippen molar-refractivity contribution >= 4 is 55.3 Å². The van der Waals surface area contributed by atoms with E-state index in [1.807, 2.05) is 54.7 Å². The van der Waals surface area contributed by atoms with Gasteiger partial charge in [0.05, 0.1) is 22.1 Å². The van der Waals surface area contributed by atoms with Gasteiger partial charge in [-0.25, -0.2) is 15.0 Å². The van der Waals surface area contributed by atoms with E-state index in [4.69, 9.17) is 15.0 Å². The van der Waals surface area contributed by atoms with Crippen LogP contribution >= 0.6 is 0 Å². The van der Waals surface area contributed by atoms with Crippen LogP contribution in [0.2, 0.25) is 0 Å². The van der Waals surface area contributed by atoms with Crippen LogP contribution in [0.3, 0.4) is 0 Å². The first-order valence-electron chi connectivity index (χ1n) is 16.8. The Morgan fingerprint density at radius 2 is 1.10 bits per heavy atom. The second-order valence-corrected chi connectivity index (χ2v) is 12.6. The highest BCUT2D eigenvalue weighted by Gasteiger charge is 2.22. The smallest absolute Gasteiger partial charge is 0.159 e. The molecule has 1 unspecified atom stereocenters. The summed E-state index contributed by atoms with van der Waals surface area (Å²) < 4.78 is 4.64. The molecule has 1 atom stereocenters. The molecular weight excluding hydrogens is 613 g/mol. The summed E-state index contributed by atoms with van der Waals surface area (Å²) in [6.45, 7) is 0. The SMILES string of the molecule is c1ccc(C2=NC(c3ccc(-n4c5ccccc5c5cc6c7ccccc7n(-c7ccccn7)c6cc54)cc3)=NC(c3ccccc3)N2)cc1. The van der Waals surface area contributed by atoms with Gasteiger partial charge in [0.2, 0.25) is 0 Å². The van der Waals surface area contributed by atoms with Gasteiger partial charge in [-0.1, -0.05) is 103 Å². The molecule has 0 radical (unpaired) electrons. The van der Waals surface area contributed by atoms with Crippen molar-refractivity contribution < 1.29 is 0 Å². The molecule has 0 aliphatic carbocycles. The first-order chi connectivity index (χ1) is 24.8. The van der Waals surface area contributed by atoms with Gasteiger partial charge in [-0.05, 0) is 66.2 Å². The quantitative estimate of drug-likeness (QED) is 0.203. The molecule has 0 fully saturated rings. The second-order valence-electron chi connectivity index (χ2n) is 12.6. The molecule has 0 spiro atoms. The van der Waals surface area contributed by atoms with Crippen LogP contribution in [0.4, 0.5) is 0 Å². The highest BCUT2D eigenvalue weighted by molar-refractivity contribution is 6.19. The number of hydrogen-bond donors (Lipinski definition) is 1. The average Bonchev–Trinajstić information content (AvgIpc) is 3.70. The van der Waals surface area contributed by atoms with Gasteiger partial charge in [0.15, 0.2) is 5.84 Å². The molecule has 236 valence electrons. The zero-order valence-electron chi connectivity index (χ0n) is 27.0. The number of rotatable bonds is 5. The third kappa shape index (κ3) is 4.54. The number of benzene rings is 6. The molecular formula is C44H30N6. The third-order valence-electron chi connectivity index (χ3n) is 9.63. The molecule has 0 saturated heterocycles. The Morgan fingerprint density at radius 3 is 1.80 bits per heavy atom. The van der Waals surface area contributed by atoms with E-state index in [0.717, 1.165) is 56.1 Å². The van der Waals surface area contributed by atoms with E-state index in [1.54, 1.807) is 0 Å². The molecule has 50 heavy (non-hydrogen) atoms. The van der Waals surface area contributed by atoms with Crippen LogP contribution in [0.15, 0.2) is 180 Å². The number of fused-ring (bicyclic) bond motifs is 6. The Balaban J connectivity index is 1.15. The maximum atomic E-state index is 5.09. The standard InChI is InChI=1S/C44H30N6/c1-3-13-29(14-4-1)42-46-43(30-15-5-2-6-16-30)48-44(47-42)31-22-24-32(25-23-31)49-37-19-9-7-17-33(37)35-27-36-34-18-8-10-20-38(34)50(40(36)28-39(35)49)41-21-11-12-26-45-41/h1-28,42H,(H,46,47,48). The molecule has 1 aliphatic heterocycles. The molecule has 6 heteroatoms. The Kier molecular flexibility index (Phi) is 6.45. The number of pyridine rings is 1. The normalized spacial score (nSPS) is 14.6. The van der Waals surface area contributed by atoms with Gasteiger partial charge in [0.1, 0.15) is 17.8 Å². The van der Waals surface area contributed by atoms with Gasteiger partial charge in [-0.15, -0.1) is 0 Å². The van der Waals surface area contributed by atoms with Crippen molar-refractivity contribution in [2.75, 3.05) is 0 Å². The predicted molar refractivity (Wildman–Crippen MR) is 205 cm³/mol. The summed E-state index contributed by atoms with van der Waals surface area (Å²) in [5.41, 5.74) is 8.70. The largest absolute Gasteiger partial charge is 0.344 e. The molecule has 6 aromatic carbocycles. The summed E-state index contributed by atoms with van der Waals surface area (Å²) in [5.74, 6) is 2.41. The van der Waals surface area contributed by atoms with Gasteiger partial charge in [0.25, 0.3) is 0 Å². The van der Waals surface area contributed by atoms with Crippen LogP contribution in [0, 0.1) is 0 Å². The lowest BCUT2D eigenvalue weighted by molar-refractivity contribution is 0.674. The lowest BCUT2D eigenvalue weighted by atomic mass is 10.1.